The molecule has 7 nitrogen and oxygen atoms in total. The SMILES string of the molecule is CC(NC(=O)c1sc(NC2CCC2)nc1N)C(=O)N(C)C. The first-order valence-corrected chi connectivity index (χ1v) is 7.75. The molecule has 1 unspecified atom stereocenters. The van der Waals surface area contributed by atoms with E-state index in [4.69, 9.17) is 5.73 Å². The maximum Gasteiger partial charge on any atom is 0.265 e. The summed E-state index contributed by atoms with van der Waals surface area (Å²) < 4.78 is 0. The number of thiazole rings is 1. The Labute approximate surface area is 127 Å². The Balaban J connectivity index is 1.99. The molecule has 21 heavy (non-hydrogen) atoms. The van der Waals surface area contributed by atoms with Crippen LogP contribution in [0.4, 0.5) is 10.9 Å². The van der Waals surface area contributed by atoms with Crippen molar-refractivity contribution in [2.75, 3.05) is 25.1 Å². The van der Waals surface area contributed by atoms with Gasteiger partial charge in [-0.05, 0) is 26.2 Å². The highest BCUT2D eigenvalue weighted by molar-refractivity contribution is 7.18. The maximum atomic E-state index is 12.2. The van der Waals surface area contributed by atoms with E-state index in [2.05, 4.69) is 15.6 Å². The smallest absolute Gasteiger partial charge is 0.265 e. The van der Waals surface area contributed by atoms with Crippen LogP contribution >= 0.6 is 11.3 Å². The van der Waals surface area contributed by atoms with Crippen molar-refractivity contribution in [3.05, 3.63) is 4.88 Å². The highest BCUT2D eigenvalue weighted by Crippen LogP contribution is 2.29. The van der Waals surface area contributed by atoms with Crippen molar-refractivity contribution in [1.82, 2.24) is 15.2 Å². The summed E-state index contributed by atoms with van der Waals surface area (Å²) in [5.74, 6) is -0.336. The minimum absolute atomic E-state index is 0.167. The average Bonchev–Trinajstić information content (AvgIpc) is 2.74. The number of amides is 2. The van der Waals surface area contributed by atoms with Crippen molar-refractivity contribution in [3.63, 3.8) is 0 Å². The quantitative estimate of drug-likeness (QED) is 0.750. The Morgan fingerprint density at radius 3 is 2.62 bits per heavy atom. The van der Waals surface area contributed by atoms with Crippen molar-refractivity contribution in [3.8, 4) is 0 Å². The number of carbonyl (C=O) groups excluding carboxylic acids is 2. The third-order valence-electron chi connectivity index (χ3n) is 3.45. The lowest BCUT2D eigenvalue weighted by Gasteiger charge is -2.25. The van der Waals surface area contributed by atoms with Gasteiger partial charge in [-0.15, -0.1) is 0 Å². The summed E-state index contributed by atoms with van der Waals surface area (Å²) in [5, 5.41) is 6.57. The summed E-state index contributed by atoms with van der Waals surface area (Å²) in [6, 6.07) is -0.169. The van der Waals surface area contributed by atoms with Crippen LogP contribution < -0.4 is 16.4 Å². The normalized spacial score (nSPS) is 16.0. The molecule has 1 atom stereocenters. The van der Waals surface area contributed by atoms with Crippen molar-refractivity contribution in [2.45, 2.75) is 38.3 Å². The molecular formula is C13H21N5O2S. The third kappa shape index (κ3) is 3.63. The number of nitrogen functional groups attached to an aromatic ring is 1. The van der Waals surface area contributed by atoms with Crippen LogP contribution in [-0.4, -0.2) is 47.9 Å². The Bertz CT molecular complexity index is 539. The van der Waals surface area contributed by atoms with Gasteiger partial charge in [-0.25, -0.2) is 4.98 Å². The maximum absolute atomic E-state index is 12.2. The predicted octanol–water partition coefficient (Wildman–Crippen LogP) is 0.896. The van der Waals surface area contributed by atoms with Crippen molar-refractivity contribution >= 4 is 34.1 Å². The van der Waals surface area contributed by atoms with Gasteiger partial charge in [-0.1, -0.05) is 11.3 Å². The van der Waals surface area contributed by atoms with Crippen LogP contribution in [0.3, 0.4) is 0 Å². The largest absolute Gasteiger partial charge is 0.382 e. The number of likely N-dealkylation sites (N-methyl/N-ethyl adjacent to an activating group) is 1. The number of nitrogens with one attached hydrogen (secondary N) is 2. The average molecular weight is 311 g/mol. The minimum Gasteiger partial charge on any atom is -0.382 e. The molecule has 1 saturated carbocycles. The van der Waals surface area contributed by atoms with Crippen molar-refractivity contribution < 1.29 is 9.59 Å². The van der Waals surface area contributed by atoms with E-state index in [0.29, 0.717) is 16.1 Å². The fourth-order valence-electron chi connectivity index (χ4n) is 1.99. The van der Waals surface area contributed by atoms with Gasteiger partial charge >= 0.3 is 0 Å². The molecule has 2 amide bonds. The van der Waals surface area contributed by atoms with Gasteiger partial charge in [-0.2, -0.15) is 0 Å². The lowest BCUT2D eigenvalue weighted by Crippen LogP contribution is -2.44. The van der Waals surface area contributed by atoms with E-state index in [0.717, 1.165) is 12.8 Å². The summed E-state index contributed by atoms with van der Waals surface area (Å²) in [6.45, 7) is 1.64. The number of anilines is 2. The molecule has 0 bridgehead atoms. The van der Waals surface area contributed by atoms with Gasteiger partial charge < -0.3 is 21.3 Å². The number of hydrogen-bond acceptors (Lipinski definition) is 6. The standard InChI is InChI=1S/C13H21N5O2S/c1-7(12(20)18(2)3)15-11(19)9-10(14)17-13(21-9)16-8-5-4-6-8/h7-8H,4-6,14H2,1-3H3,(H,15,19)(H,16,17). The molecule has 8 heteroatoms. The second-order valence-electron chi connectivity index (χ2n) is 5.43. The Hall–Kier alpha value is -1.83. The number of nitrogens with two attached hydrogens (primary N) is 1. The van der Waals surface area contributed by atoms with Gasteiger partial charge in [0, 0.05) is 20.1 Å². The fourth-order valence-corrected chi connectivity index (χ4v) is 2.86. The molecule has 0 aliphatic heterocycles. The molecule has 2 rings (SSSR count). The van der Waals surface area contributed by atoms with E-state index in [1.54, 1.807) is 21.0 Å². The van der Waals surface area contributed by atoms with Crippen LogP contribution in [0.15, 0.2) is 0 Å². The van der Waals surface area contributed by atoms with E-state index >= 15 is 0 Å². The Kier molecular flexibility index (Phi) is 4.66. The minimum atomic E-state index is -0.600. The molecule has 116 valence electrons. The van der Waals surface area contributed by atoms with Gasteiger partial charge in [0.2, 0.25) is 5.91 Å². The fraction of sp³-hybridized carbons (Fsp3) is 0.615. The lowest BCUT2D eigenvalue weighted by molar-refractivity contribution is -0.130. The first-order chi connectivity index (χ1) is 9.88. The number of aromatic nitrogens is 1. The Morgan fingerprint density at radius 2 is 2.10 bits per heavy atom. The lowest BCUT2D eigenvalue weighted by atomic mass is 9.93. The van der Waals surface area contributed by atoms with Gasteiger partial charge in [0.1, 0.15) is 16.7 Å². The first-order valence-electron chi connectivity index (χ1n) is 6.93. The summed E-state index contributed by atoms with van der Waals surface area (Å²) in [6.07, 6.45) is 3.46. The van der Waals surface area contributed by atoms with Crippen LogP contribution in [0.1, 0.15) is 35.9 Å². The first kappa shape index (κ1) is 15.6. The molecule has 1 heterocycles. The van der Waals surface area contributed by atoms with Gasteiger partial charge in [0.25, 0.3) is 5.91 Å². The van der Waals surface area contributed by atoms with E-state index in [9.17, 15) is 9.59 Å². The van der Waals surface area contributed by atoms with Crippen molar-refractivity contribution in [2.24, 2.45) is 0 Å². The van der Waals surface area contributed by atoms with Gasteiger partial charge in [0.15, 0.2) is 5.13 Å². The topological polar surface area (TPSA) is 100 Å². The van der Waals surface area contributed by atoms with Gasteiger partial charge in [0.05, 0.1) is 0 Å². The molecular weight excluding hydrogens is 290 g/mol. The zero-order valence-electron chi connectivity index (χ0n) is 12.5. The third-order valence-corrected chi connectivity index (χ3v) is 4.45. The molecule has 1 aliphatic rings. The van der Waals surface area contributed by atoms with E-state index in [1.165, 1.54) is 22.7 Å². The van der Waals surface area contributed by atoms with E-state index < -0.39 is 6.04 Å². The van der Waals surface area contributed by atoms with E-state index in [-0.39, 0.29) is 17.6 Å². The molecule has 1 aromatic rings. The number of carbonyl (C=O) groups is 2. The van der Waals surface area contributed by atoms with Crippen LogP contribution in [0, 0.1) is 0 Å². The summed E-state index contributed by atoms with van der Waals surface area (Å²) in [4.78, 5) is 29.9. The van der Waals surface area contributed by atoms with Crippen LogP contribution in [0.25, 0.3) is 0 Å². The molecule has 0 radical (unpaired) electrons. The zero-order valence-corrected chi connectivity index (χ0v) is 13.3. The number of hydrogen-bond donors (Lipinski definition) is 3. The molecule has 0 saturated heterocycles. The second-order valence-corrected chi connectivity index (χ2v) is 6.43. The van der Waals surface area contributed by atoms with E-state index in [1.807, 2.05) is 0 Å². The summed E-state index contributed by atoms with van der Waals surface area (Å²) >= 11 is 1.22. The molecule has 4 N–H and O–H groups in total. The molecule has 0 spiro atoms. The van der Waals surface area contributed by atoms with Crippen LogP contribution in [0.2, 0.25) is 0 Å². The predicted molar refractivity (Wildman–Crippen MR) is 83.4 cm³/mol. The van der Waals surface area contributed by atoms with Crippen molar-refractivity contribution in [1.29, 1.82) is 0 Å². The highest BCUT2D eigenvalue weighted by atomic mass is 32.1. The number of rotatable bonds is 5. The van der Waals surface area contributed by atoms with Crippen LogP contribution in [-0.2, 0) is 4.79 Å². The zero-order chi connectivity index (χ0) is 15.6. The highest BCUT2D eigenvalue weighted by Gasteiger charge is 2.24. The molecule has 1 aliphatic carbocycles. The Morgan fingerprint density at radius 1 is 1.43 bits per heavy atom. The number of nitrogens with zero attached hydrogens (tertiary/aromatic N) is 2. The monoisotopic (exact) mass is 311 g/mol. The second kappa shape index (κ2) is 6.30. The van der Waals surface area contributed by atoms with Gasteiger partial charge in [-0.3, -0.25) is 9.59 Å². The molecule has 0 aromatic carbocycles. The molecule has 1 fully saturated rings. The summed E-state index contributed by atoms with van der Waals surface area (Å²) in [7, 11) is 3.29. The van der Waals surface area contributed by atoms with Crippen LogP contribution in [0.5, 0.6) is 0 Å². The summed E-state index contributed by atoms with van der Waals surface area (Å²) in [5.41, 5.74) is 5.79. The molecule has 1 aromatic heterocycles.